The molecular weight excluding hydrogens is 237 g/mol. The molecule has 2 N–H and O–H groups in total. The quantitative estimate of drug-likeness (QED) is 0.868. The van der Waals surface area contributed by atoms with Crippen molar-refractivity contribution in [2.45, 2.75) is 6.42 Å². The third kappa shape index (κ3) is 2.45. The van der Waals surface area contributed by atoms with Crippen LogP contribution >= 0.6 is 0 Å². The van der Waals surface area contributed by atoms with Crippen LogP contribution in [0.25, 0.3) is 11.1 Å². The Hall–Kier alpha value is -2.43. The van der Waals surface area contributed by atoms with Gasteiger partial charge in [-0.15, -0.1) is 0 Å². The van der Waals surface area contributed by atoms with E-state index in [1.807, 2.05) is 0 Å². The maximum atomic E-state index is 13.2. The van der Waals surface area contributed by atoms with Gasteiger partial charge in [0.25, 0.3) is 5.56 Å². The summed E-state index contributed by atoms with van der Waals surface area (Å²) in [6.45, 7) is 0. The number of aromatic amines is 1. The zero-order valence-electron chi connectivity index (χ0n) is 9.31. The summed E-state index contributed by atoms with van der Waals surface area (Å²) in [4.78, 5) is 25.0. The lowest BCUT2D eigenvalue weighted by atomic mass is 10.00. The number of halogens is 1. The fraction of sp³-hybridized carbons (Fsp3) is 0.0769. The molecule has 0 bridgehead atoms. The number of H-pyrrole nitrogens is 1. The van der Waals surface area contributed by atoms with Crippen molar-refractivity contribution in [1.29, 1.82) is 0 Å². The zero-order valence-corrected chi connectivity index (χ0v) is 9.31. The molecule has 2 rings (SSSR count). The van der Waals surface area contributed by atoms with Crippen molar-refractivity contribution in [2.75, 3.05) is 0 Å². The first-order valence-corrected chi connectivity index (χ1v) is 5.26. The fourth-order valence-electron chi connectivity index (χ4n) is 1.79. The molecule has 18 heavy (non-hydrogen) atoms. The van der Waals surface area contributed by atoms with Crippen molar-refractivity contribution < 1.29 is 14.3 Å². The Morgan fingerprint density at radius 2 is 2.11 bits per heavy atom. The van der Waals surface area contributed by atoms with Gasteiger partial charge < -0.3 is 10.1 Å². The summed E-state index contributed by atoms with van der Waals surface area (Å²) in [6, 6.07) is 7.02. The first kappa shape index (κ1) is 12.0. The summed E-state index contributed by atoms with van der Waals surface area (Å²) in [5.41, 5.74) is 0.490. The highest BCUT2D eigenvalue weighted by Crippen LogP contribution is 2.20. The minimum absolute atomic E-state index is 0.194. The van der Waals surface area contributed by atoms with Crippen molar-refractivity contribution in [3.05, 3.63) is 58.3 Å². The molecule has 0 radical (unpaired) electrons. The van der Waals surface area contributed by atoms with Crippen LogP contribution in [0.5, 0.6) is 0 Å². The fourth-order valence-corrected chi connectivity index (χ4v) is 1.79. The summed E-state index contributed by atoms with van der Waals surface area (Å²) in [6.07, 6.45) is 1.10. The van der Waals surface area contributed by atoms with E-state index in [4.69, 9.17) is 5.11 Å². The Morgan fingerprint density at radius 1 is 1.33 bits per heavy atom. The van der Waals surface area contributed by atoms with Crippen LogP contribution in [0.15, 0.2) is 41.3 Å². The van der Waals surface area contributed by atoms with E-state index < -0.39 is 17.3 Å². The van der Waals surface area contributed by atoms with Crippen molar-refractivity contribution in [2.24, 2.45) is 0 Å². The lowest BCUT2D eigenvalue weighted by Crippen LogP contribution is -2.13. The van der Waals surface area contributed by atoms with Gasteiger partial charge >= 0.3 is 5.97 Å². The molecule has 0 aliphatic heterocycles. The van der Waals surface area contributed by atoms with Gasteiger partial charge in [0.15, 0.2) is 0 Å². The molecule has 0 fully saturated rings. The molecule has 5 heteroatoms. The van der Waals surface area contributed by atoms with Crippen molar-refractivity contribution >= 4 is 5.97 Å². The van der Waals surface area contributed by atoms with Crippen LogP contribution in [0.2, 0.25) is 0 Å². The predicted molar refractivity (Wildman–Crippen MR) is 63.8 cm³/mol. The van der Waals surface area contributed by atoms with Gasteiger partial charge in [0, 0.05) is 6.20 Å². The van der Waals surface area contributed by atoms with Crippen LogP contribution in [0.4, 0.5) is 4.39 Å². The second-order valence-electron chi connectivity index (χ2n) is 3.79. The van der Waals surface area contributed by atoms with Gasteiger partial charge in [0.2, 0.25) is 0 Å². The van der Waals surface area contributed by atoms with Crippen molar-refractivity contribution in [3.63, 3.8) is 0 Å². The largest absolute Gasteiger partial charge is 0.481 e. The van der Waals surface area contributed by atoms with E-state index in [9.17, 15) is 14.0 Å². The number of carbonyl (C=O) groups is 1. The van der Waals surface area contributed by atoms with Crippen molar-refractivity contribution in [1.82, 2.24) is 4.98 Å². The van der Waals surface area contributed by atoms with Crippen LogP contribution in [0.1, 0.15) is 5.56 Å². The molecule has 92 valence electrons. The van der Waals surface area contributed by atoms with E-state index in [1.54, 1.807) is 6.07 Å². The number of hydrogen-bond donors (Lipinski definition) is 2. The van der Waals surface area contributed by atoms with E-state index in [2.05, 4.69) is 4.98 Å². The molecule has 2 aromatic rings. The van der Waals surface area contributed by atoms with Crippen LogP contribution in [-0.2, 0) is 11.2 Å². The molecule has 0 saturated carbocycles. The van der Waals surface area contributed by atoms with E-state index in [1.165, 1.54) is 30.5 Å². The first-order valence-electron chi connectivity index (χ1n) is 5.26. The Balaban J connectivity index is 2.62. The molecule has 1 aromatic heterocycles. The average Bonchev–Trinajstić information content (AvgIpc) is 2.28. The Morgan fingerprint density at radius 3 is 2.78 bits per heavy atom. The Labute approximate surface area is 102 Å². The summed E-state index contributed by atoms with van der Waals surface area (Å²) < 4.78 is 13.2. The molecule has 0 atom stereocenters. The van der Waals surface area contributed by atoms with Crippen molar-refractivity contribution in [3.8, 4) is 11.1 Å². The van der Waals surface area contributed by atoms with Crippen LogP contribution < -0.4 is 5.56 Å². The molecule has 4 nitrogen and oxygen atoms in total. The number of pyridine rings is 1. The lowest BCUT2D eigenvalue weighted by molar-refractivity contribution is -0.136. The molecular formula is C13H10FNO3. The van der Waals surface area contributed by atoms with Gasteiger partial charge in [-0.2, -0.15) is 0 Å². The zero-order chi connectivity index (χ0) is 13.1. The molecule has 0 spiro atoms. The second-order valence-corrected chi connectivity index (χ2v) is 3.79. The highest BCUT2D eigenvalue weighted by atomic mass is 19.1. The average molecular weight is 247 g/mol. The molecule has 0 saturated heterocycles. The van der Waals surface area contributed by atoms with Gasteiger partial charge in [-0.1, -0.05) is 12.1 Å². The molecule has 0 aliphatic carbocycles. The number of rotatable bonds is 3. The third-order valence-electron chi connectivity index (χ3n) is 2.50. The Kier molecular flexibility index (Phi) is 3.23. The number of carboxylic acid groups (broad SMARTS) is 1. The normalized spacial score (nSPS) is 10.3. The van der Waals surface area contributed by atoms with E-state index in [-0.39, 0.29) is 12.0 Å². The minimum atomic E-state index is -1.04. The maximum Gasteiger partial charge on any atom is 0.307 e. The van der Waals surface area contributed by atoms with Gasteiger partial charge in [-0.3, -0.25) is 9.59 Å². The monoisotopic (exact) mass is 247 g/mol. The number of aliphatic carboxylic acids is 1. The minimum Gasteiger partial charge on any atom is -0.481 e. The lowest BCUT2D eigenvalue weighted by Gasteiger charge is -2.06. The smallest absolute Gasteiger partial charge is 0.307 e. The summed E-state index contributed by atoms with van der Waals surface area (Å²) >= 11 is 0. The van der Waals surface area contributed by atoms with Gasteiger partial charge in [0.1, 0.15) is 5.82 Å². The second kappa shape index (κ2) is 4.83. The topological polar surface area (TPSA) is 70.2 Å². The van der Waals surface area contributed by atoms with Crippen LogP contribution in [-0.4, -0.2) is 16.1 Å². The molecule has 1 heterocycles. The third-order valence-corrected chi connectivity index (χ3v) is 2.50. The molecule has 0 amide bonds. The van der Waals surface area contributed by atoms with Crippen LogP contribution in [0, 0.1) is 5.82 Å². The molecule has 0 unspecified atom stereocenters. The van der Waals surface area contributed by atoms with E-state index >= 15 is 0 Å². The first-order chi connectivity index (χ1) is 8.58. The van der Waals surface area contributed by atoms with Gasteiger partial charge in [-0.05, 0) is 29.3 Å². The highest BCUT2D eigenvalue weighted by molar-refractivity contribution is 5.76. The summed E-state index contributed by atoms with van der Waals surface area (Å²) in [5, 5.41) is 8.80. The SMILES string of the molecule is O=C(O)Cc1cc[nH]c(=O)c1-c1cccc(F)c1. The van der Waals surface area contributed by atoms with E-state index in [0.29, 0.717) is 11.1 Å². The van der Waals surface area contributed by atoms with Gasteiger partial charge in [-0.25, -0.2) is 4.39 Å². The predicted octanol–water partition coefficient (Wildman–Crippen LogP) is 1.81. The number of benzene rings is 1. The number of hydrogen-bond acceptors (Lipinski definition) is 2. The summed E-state index contributed by atoms with van der Waals surface area (Å²) in [7, 11) is 0. The maximum absolute atomic E-state index is 13.2. The van der Waals surface area contributed by atoms with E-state index in [0.717, 1.165) is 0 Å². The Bertz CT molecular complexity index is 649. The number of carboxylic acids is 1. The van der Waals surface area contributed by atoms with Gasteiger partial charge in [0.05, 0.1) is 12.0 Å². The summed E-state index contributed by atoms with van der Waals surface area (Å²) in [5.74, 6) is -1.52. The molecule has 1 aromatic carbocycles. The molecule has 0 aliphatic rings. The number of aromatic nitrogens is 1. The van der Waals surface area contributed by atoms with Crippen LogP contribution in [0.3, 0.4) is 0 Å². The number of nitrogens with one attached hydrogen (secondary N) is 1. The highest BCUT2D eigenvalue weighted by Gasteiger charge is 2.12. The standard InChI is InChI=1S/C13H10FNO3/c14-10-3-1-2-8(6-10)12-9(7-11(16)17)4-5-15-13(12)18/h1-6H,7H2,(H,15,18)(H,16,17).